The number of rotatable bonds is 6. The lowest BCUT2D eigenvalue weighted by molar-refractivity contribution is -0.130. The summed E-state index contributed by atoms with van der Waals surface area (Å²) in [5.74, 6) is 0.233. The number of hydrogen-bond acceptors (Lipinski definition) is 3. The van der Waals surface area contributed by atoms with Crippen LogP contribution >= 0.6 is 0 Å². The van der Waals surface area contributed by atoms with Crippen molar-refractivity contribution in [2.45, 2.75) is 51.2 Å². The number of ether oxygens (including phenoxy) is 1. The van der Waals surface area contributed by atoms with Crippen molar-refractivity contribution in [3.8, 4) is 0 Å². The molecule has 0 aromatic heterocycles. The van der Waals surface area contributed by atoms with Gasteiger partial charge >= 0.3 is 0 Å². The second kappa shape index (κ2) is 5.36. The molecule has 4 nitrogen and oxygen atoms in total. The predicted molar refractivity (Wildman–Crippen MR) is 66.9 cm³/mol. The molecular weight excluding hydrogens is 216 g/mol. The van der Waals surface area contributed by atoms with Gasteiger partial charge in [0.15, 0.2) is 0 Å². The lowest BCUT2D eigenvalue weighted by Crippen LogP contribution is -2.44. The highest BCUT2D eigenvalue weighted by molar-refractivity contribution is 5.78. The molecule has 1 saturated carbocycles. The van der Waals surface area contributed by atoms with Crippen molar-refractivity contribution in [3.05, 3.63) is 0 Å². The van der Waals surface area contributed by atoms with Crippen LogP contribution in [0, 0.1) is 0 Å². The first-order chi connectivity index (χ1) is 8.14. The molecule has 2 rings (SSSR count). The summed E-state index contributed by atoms with van der Waals surface area (Å²) in [6.07, 6.45) is 4.59. The van der Waals surface area contributed by atoms with E-state index in [2.05, 4.69) is 19.2 Å². The minimum absolute atomic E-state index is 0.0586. The number of likely N-dealkylation sites (N-methyl/N-ethyl adjacent to an activating group) is 1. The van der Waals surface area contributed by atoms with Crippen LogP contribution in [-0.4, -0.2) is 48.7 Å². The van der Waals surface area contributed by atoms with Crippen molar-refractivity contribution in [1.29, 1.82) is 0 Å². The van der Waals surface area contributed by atoms with Gasteiger partial charge in [0.2, 0.25) is 5.91 Å². The van der Waals surface area contributed by atoms with Gasteiger partial charge in [0.05, 0.1) is 12.1 Å². The lowest BCUT2D eigenvalue weighted by Gasteiger charge is -2.25. The first kappa shape index (κ1) is 12.8. The van der Waals surface area contributed by atoms with E-state index in [1.165, 1.54) is 12.8 Å². The molecular formula is C13H24N2O2. The van der Waals surface area contributed by atoms with Gasteiger partial charge in [0, 0.05) is 25.7 Å². The van der Waals surface area contributed by atoms with E-state index in [-0.39, 0.29) is 11.5 Å². The van der Waals surface area contributed by atoms with E-state index >= 15 is 0 Å². The molecule has 1 saturated heterocycles. The summed E-state index contributed by atoms with van der Waals surface area (Å²) < 4.78 is 5.68. The Labute approximate surface area is 104 Å². The Balaban J connectivity index is 1.68. The second-order valence-electron chi connectivity index (χ2n) is 5.42. The molecule has 17 heavy (non-hydrogen) atoms. The quantitative estimate of drug-likeness (QED) is 0.757. The van der Waals surface area contributed by atoms with Gasteiger partial charge < -0.3 is 15.0 Å². The topological polar surface area (TPSA) is 41.6 Å². The van der Waals surface area contributed by atoms with Crippen LogP contribution in [0.25, 0.3) is 0 Å². The summed E-state index contributed by atoms with van der Waals surface area (Å²) in [4.78, 5) is 13.9. The van der Waals surface area contributed by atoms with Gasteiger partial charge in [-0.25, -0.2) is 0 Å². The van der Waals surface area contributed by atoms with Crippen molar-refractivity contribution in [3.63, 3.8) is 0 Å². The Morgan fingerprint density at radius 3 is 2.82 bits per heavy atom. The first-order valence-corrected chi connectivity index (χ1v) is 6.79. The highest BCUT2D eigenvalue weighted by atomic mass is 16.5. The fourth-order valence-electron chi connectivity index (χ4n) is 2.54. The van der Waals surface area contributed by atoms with Gasteiger partial charge in [0.1, 0.15) is 0 Å². The van der Waals surface area contributed by atoms with Crippen molar-refractivity contribution in [2.24, 2.45) is 0 Å². The van der Waals surface area contributed by atoms with Crippen LogP contribution in [0.4, 0.5) is 0 Å². The lowest BCUT2D eigenvalue weighted by atomic mass is 10.0. The molecule has 4 heteroatoms. The molecule has 0 aromatic carbocycles. The summed E-state index contributed by atoms with van der Waals surface area (Å²) >= 11 is 0. The average molecular weight is 240 g/mol. The van der Waals surface area contributed by atoms with Crippen LogP contribution in [0.5, 0.6) is 0 Å². The molecule has 1 heterocycles. The maximum atomic E-state index is 12.0. The number of carbonyl (C=O) groups is 1. The van der Waals surface area contributed by atoms with Crippen LogP contribution in [-0.2, 0) is 9.53 Å². The standard InChI is InChI=1S/C13H24N2O2/c1-3-15(11-5-6-11)12(16)9-14-10-13(2)7-4-8-17-13/h11,14H,3-10H2,1-2H3. The van der Waals surface area contributed by atoms with Crippen LogP contribution in [0.3, 0.4) is 0 Å². The van der Waals surface area contributed by atoms with E-state index in [1.807, 2.05) is 4.90 Å². The maximum Gasteiger partial charge on any atom is 0.236 e. The van der Waals surface area contributed by atoms with Gasteiger partial charge in [-0.15, -0.1) is 0 Å². The van der Waals surface area contributed by atoms with E-state index in [1.54, 1.807) is 0 Å². The molecule has 0 aromatic rings. The molecule has 1 amide bonds. The van der Waals surface area contributed by atoms with E-state index in [0.717, 1.165) is 32.5 Å². The summed E-state index contributed by atoms with van der Waals surface area (Å²) in [7, 11) is 0. The zero-order valence-corrected chi connectivity index (χ0v) is 11.0. The summed E-state index contributed by atoms with van der Waals surface area (Å²) in [5.41, 5.74) is -0.0586. The minimum Gasteiger partial charge on any atom is -0.374 e. The van der Waals surface area contributed by atoms with Crippen molar-refractivity contribution in [2.75, 3.05) is 26.2 Å². The van der Waals surface area contributed by atoms with Gasteiger partial charge in [-0.1, -0.05) is 0 Å². The third-order valence-corrected chi connectivity index (χ3v) is 3.72. The number of amides is 1. The van der Waals surface area contributed by atoms with Crippen molar-refractivity contribution >= 4 is 5.91 Å². The molecule has 0 radical (unpaired) electrons. The molecule has 0 spiro atoms. The Kier molecular flexibility index (Phi) is 4.05. The molecule has 98 valence electrons. The van der Waals surface area contributed by atoms with Crippen LogP contribution in [0.15, 0.2) is 0 Å². The third kappa shape index (κ3) is 3.42. The third-order valence-electron chi connectivity index (χ3n) is 3.72. The zero-order chi connectivity index (χ0) is 12.3. The van der Waals surface area contributed by atoms with Crippen LogP contribution in [0.1, 0.15) is 39.5 Å². The highest BCUT2D eigenvalue weighted by Gasteiger charge is 2.32. The van der Waals surface area contributed by atoms with E-state index in [0.29, 0.717) is 12.6 Å². The fraction of sp³-hybridized carbons (Fsp3) is 0.923. The molecule has 1 atom stereocenters. The highest BCUT2D eigenvalue weighted by Crippen LogP contribution is 2.26. The Morgan fingerprint density at radius 2 is 2.29 bits per heavy atom. The maximum absolute atomic E-state index is 12.0. The minimum atomic E-state index is -0.0586. The molecule has 1 unspecified atom stereocenters. The van der Waals surface area contributed by atoms with Crippen molar-refractivity contribution in [1.82, 2.24) is 10.2 Å². The van der Waals surface area contributed by atoms with E-state index in [4.69, 9.17) is 4.74 Å². The van der Waals surface area contributed by atoms with Gasteiger partial charge in [-0.05, 0) is 39.5 Å². The summed E-state index contributed by atoms with van der Waals surface area (Å²) in [6.45, 7) is 7.09. The van der Waals surface area contributed by atoms with Gasteiger partial charge in [0.25, 0.3) is 0 Å². The summed E-state index contributed by atoms with van der Waals surface area (Å²) in [6, 6.07) is 0.521. The number of hydrogen-bond donors (Lipinski definition) is 1. The smallest absolute Gasteiger partial charge is 0.236 e. The zero-order valence-electron chi connectivity index (χ0n) is 11.0. The number of nitrogens with one attached hydrogen (secondary N) is 1. The molecule has 2 aliphatic rings. The monoisotopic (exact) mass is 240 g/mol. The normalized spacial score (nSPS) is 28.4. The molecule has 0 bridgehead atoms. The largest absolute Gasteiger partial charge is 0.374 e. The average Bonchev–Trinajstić information content (AvgIpc) is 3.03. The van der Waals surface area contributed by atoms with E-state index in [9.17, 15) is 4.79 Å². The van der Waals surface area contributed by atoms with Crippen LogP contribution < -0.4 is 5.32 Å². The second-order valence-corrected chi connectivity index (χ2v) is 5.42. The number of nitrogens with zero attached hydrogens (tertiary/aromatic N) is 1. The molecule has 1 aliphatic carbocycles. The van der Waals surface area contributed by atoms with Gasteiger partial charge in [-0.3, -0.25) is 4.79 Å². The van der Waals surface area contributed by atoms with Crippen molar-refractivity contribution < 1.29 is 9.53 Å². The Bertz CT molecular complexity index is 271. The van der Waals surface area contributed by atoms with Crippen LogP contribution in [0.2, 0.25) is 0 Å². The summed E-state index contributed by atoms with van der Waals surface area (Å²) in [5, 5.41) is 3.25. The Morgan fingerprint density at radius 1 is 1.53 bits per heavy atom. The fourth-order valence-corrected chi connectivity index (χ4v) is 2.54. The first-order valence-electron chi connectivity index (χ1n) is 6.79. The molecule has 1 N–H and O–H groups in total. The SMILES string of the molecule is CCN(C(=O)CNCC1(C)CCCO1)C1CC1. The predicted octanol–water partition coefficient (Wildman–Crippen LogP) is 1.16. The molecule has 2 fully saturated rings. The Hall–Kier alpha value is -0.610. The molecule has 1 aliphatic heterocycles. The van der Waals surface area contributed by atoms with E-state index < -0.39 is 0 Å². The number of carbonyl (C=O) groups excluding carboxylic acids is 1. The van der Waals surface area contributed by atoms with Gasteiger partial charge in [-0.2, -0.15) is 0 Å².